The number of nitrogens with zero attached hydrogens (tertiary/aromatic N) is 1. The van der Waals surface area contributed by atoms with E-state index in [0.29, 0.717) is 11.8 Å². The molecule has 1 aromatic rings. The van der Waals surface area contributed by atoms with Gasteiger partial charge in [-0.05, 0) is 18.6 Å². The number of ether oxygens (including phenoxy) is 1. The van der Waals surface area contributed by atoms with Crippen molar-refractivity contribution in [2.45, 2.75) is 19.8 Å². The van der Waals surface area contributed by atoms with Gasteiger partial charge in [-0.2, -0.15) is 0 Å². The average molecular weight is 215 g/mol. The monoisotopic (exact) mass is 215 g/mol. The highest BCUT2D eigenvalue weighted by atomic mass is 19.3. The van der Waals surface area contributed by atoms with Crippen LogP contribution in [-0.2, 0) is 0 Å². The fourth-order valence-corrected chi connectivity index (χ4v) is 1.04. The summed E-state index contributed by atoms with van der Waals surface area (Å²) in [5, 5.41) is 0. The minimum atomic E-state index is -2.93. The van der Waals surface area contributed by atoms with Crippen molar-refractivity contribution in [3.8, 4) is 5.75 Å². The van der Waals surface area contributed by atoms with Crippen LogP contribution in [0.25, 0.3) is 0 Å². The van der Waals surface area contributed by atoms with Crippen LogP contribution in [0, 0.1) is 6.92 Å². The fraction of sp³-hybridized carbons (Fsp3) is 0.400. The van der Waals surface area contributed by atoms with Crippen LogP contribution < -0.4 is 4.74 Å². The van der Waals surface area contributed by atoms with Crippen molar-refractivity contribution < 1.29 is 18.3 Å². The number of hydrogen-bond donors (Lipinski definition) is 0. The Labute approximate surface area is 86.1 Å². The molecule has 0 unspecified atom stereocenters. The Kier molecular flexibility index (Phi) is 3.34. The molecule has 0 atom stereocenters. The molecule has 5 heteroatoms. The Morgan fingerprint density at radius 1 is 1.60 bits per heavy atom. The molecule has 0 amide bonds. The fourth-order valence-electron chi connectivity index (χ4n) is 1.04. The molecule has 1 aromatic heterocycles. The molecule has 0 N–H and O–H groups in total. The number of aromatic nitrogens is 1. The standard InChI is InChI=1S/C10H11F2NO2/c1-7-3-4-13-8(5-14)9(7)15-6-10(2,11)12/h3-5H,6H2,1-2H3. The molecule has 0 bridgehead atoms. The Morgan fingerprint density at radius 2 is 2.27 bits per heavy atom. The molecular formula is C10H11F2NO2. The number of halogens is 2. The lowest BCUT2D eigenvalue weighted by Crippen LogP contribution is -2.21. The second kappa shape index (κ2) is 4.33. The summed E-state index contributed by atoms with van der Waals surface area (Å²) < 4.78 is 30.0. The topological polar surface area (TPSA) is 39.2 Å². The lowest BCUT2D eigenvalue weighted by Gasteiger charge is -2.14. The summed E-state index contributed by atoms with van der Waals surface area (Å²) in [5.41, 5.74) is 0.649. The molecule has 0 radical (unpaired) electrons. The van der Waals surface area contributed by atoms with Gasteiger partial charge in [0.1, 0.15) is 5.69 Å². The summed E-state index contributed by atoms with van der Waals surface area (Å²) in [5.74, 6) is -2.81. The first-order chi connectivity index (χ1) is 6.94. The largest absolute Gasteiger partial charge is 0.485 e. The minimum absolute atomic E-state index is 0.0410. The summed E-state index contributed by atoms with van der Waals surface area (Å²) in [7, 11) is 0. The van der Waals surface area contributed by atoms with E-state index < -0.39 is 12.5 Å². The van der Waals surface area contributed by atoms with Gasteiger partial charge >= 0.3 is 0 Å². The Balaban J connectivity index is 2.88. The first-order valence-electron chi connectivity index (χ1n) is 4.35. The smallest absolute Gasteiger partial charge is 0.278 e. The highest BCUT2D eigenvalue weighted by molar-refractivity contribution is 5.77. The number of aldehydes is 1. The molecule has 15 heavy (non-hydrogen) atoms. The second-order valence-corrected chi connectivity index (χ2v) is 3.32. The molecule has 1 heterocycles. The molecule has 0 aliphatic heterocycles. The van der Waals surface area contributed by atoms with E-state index in [-0.39, 0.29) is 11.4 Å². The van der Waals surface area contributed by atoms with Gasteiger partial charge in [0.15, 0.2) is 18.6 Å². The zero-order valence-corrected chi connectivity index (χ0v) is 8.46. The van der Waals surface area contributed by atoms with Gasteiger partial charge in [-0.15, -0.1) is 0 Å². The third-order valence-corrected chi connectivity index (χ3v) is 1.71. The maximum absolute atomic E-state index is 12.5. The lowest BCUT2D eigenvalue weighted by molar-refractivity contribution is -0.0233. The average Bonchev–Trinajstić information content (AvgIpc) is 2.14. The van der Waals surface area contributed by atoms with Gasteiger partial charge in [0.25, 0.3) is 5.92 Å². The van der Waals surface area contributed by atoms with Crippen molar-refractivity contribution in [1.82, 2.24) is 4.98 Å². The van der Waals surface area contributed by atoms with Crippen molar-refractivity contribution in [2.24, 2.45) is 0 Å². The quantitative estimate of drug-likeness (QED) is 0.723. The van der Waals surface area contributed by atoms with Crippen molar-refractivity contribution >= 4 is 6.29 Å². The summed E-state index contributed by atoms with van der Waals surface area (Å²) in [6, 6.07) is 1.59. The van der Waals surface area contributed by atoms with E-state index in [2.05, 4.69) is 4.98 Å². The Morgan fingerprint density at radius 3 is 2.80 bits per heavy atom. The number of alkyl halides is 2. The highest BCUT2D eigenvalue weighted by Gasteiger charge is 2.23. The van der Waals surface area contributed by atoms with Gasteiger partial charge in [-0.1, -0.05) is 0 Å². The third kappa shape index (κ3) is 3.27. The van der Waals surface area contributed by atoms with E-state index in [1.165, 1.54) is 6.20 Å². The van der Waals surface area contributed by atoms with Gasteiger partial charge in [0.2, 0.25) is 0 Å². The Hall–Kier alpha value is -1.52. The number of hydrogen-bond acceptors (Lipinski definition) is 3. The van der Waals surface area contributed by atoms with E-state index in [0.717, 1.165) is 6.92 Å². The predicted molar refractivity (Wildman–Crippen MR) is 50.5 cm³/mol. The third-order valence-electron chi connectivity index (χ3n) is 1.71. The first-order valence-corrected chi connectivity index (χ1v) is 4.35. The number of rotatable bonds is 4. The minimum Gasteiger partial charge on any atom is -0.485 e. The van der Waals surface area contributed by atoms with E-state index in [1.807, 2.05) is 0 Å². The van der Waals surface area contributed by atoms with E-state index in [9.17, 15) is 13.6 Å². The molecule has 1 rings (SSSR count). The van der Waals surface area contributed by atoms with E-state index in [1.54, 1.807) is 13.0 Å². The van der Waals surface area contributed by atoms with Crippen molar-refractivity contribution in [1.29, 1.82) is 0 Å². The normalized spacial score (nSPS) is 11.2. The molecule has 0 saturated carbocycles. The van der Waals surface area contributed by atoms with Crippen LogP contribution in [0.2, 0.25) is 0 Å². The Bertz CT molecular complexity index is 361. The number of aryl methyl sites for hydroxylation is 1. The zero-order valence-electron chi connectivity index (χ0n) is 8.46. The van der Waals surface area contributed by atoms with E-state index >= 15 is 0 Å². The maximum Gasteiger partial charge on any atom is 0.278 e. The maximum atomic E-state index is 12.5. The zero-order chi connectivity index (χ0) is 11.5. The van der Waals surface area contributed by atoms with E-state index in [4.69, 9.17) is 4.74 Å². The van der Waals surface area contributed by atoms with Gasteiger partial charge in [0, 0.05) is 13.1 Å². The summed E-state index contributed by atoms with van der Waals surface area (Å²) in [4.78, 5) is 14.3. The number of carbonyl (C=O) groups excluding carboxylic acids is 1. The van der Waals surface area contributed by atoms with Crippen LogP contribution in [0.5, 0.6) is 5.75 Å². The molecule has 0 saturated heterocycles. The van der Waals surface area contributed by atoms with Gasteiger partial charge < -0.3 is 4.74 Å². The number of pyridine rings is 1. The van der Waals surface area contributed by atoms with Crippen molar-refractivity contribution in [2.75, 3.05) is 6.61 Å². The van der Waals surface area contributed by atoms with Crippen LogP contribution in [0.15, 0.2) is 12.3 Å². The van der Waals surface area contributed by atoms with Gasteiger partial charge in [0.05, 0.1) is 0 Å². The SMILES string of the molecule is Cc1ccnc(C=O)c1OCC(C)(F)F. The van der Waals surface area contributed by atoms with Crippen LogP contribution in [0.3, 0.4) is 0 Å². The summed E-state index contributed by atoms with van der Waals surface area (Å²) in [6.07, 6.45) is 1.91. The van der Waals surface area contributed by atoms with Gasteiger partial charge in [-0.25, -0.2) is 13.8 Å². The molecule has 0 aromatic carbocycles. The lowest BCUT2D eigenvalue weighted by atomic mass is 10.2. The molecule has 0 spiro atoms. The number of carbonyl (C=O) groups is 1. The molecule has 0 aliphatic carbocycles. The summed E-state index contributed by atoms with van der Waals surface area (Å²) in [6.45, 7) is 1.65. The molecule has 82 valence electrons. The molecule has 0 fully saturated rings. The highest BCUT2D eigenvalue weighted by Crippen LogP contribution is 2.22. The van der Waals surface area contributed by atoms with Crippen molar-refractivity contribution in [3.05, 3.63) is 23.5 Å². The summed E-state index contributed by atoms with van der Waals surface area (Å²) >= 11 is 0. The van der Waals surface area contributed by atoms with Crippen molar-refractivity contribution in [3.63, 3.8) is 0 Å². The van der Waals surface area contributed by atoms with Crippen LogP contribution >= 0.6 is 0 Å². The van der Waals surface area contributed by atoms with Crippen LogP contribution in [0.1, 0.15) is 23.0 Å². The molecule has 3 nitrogen and oxygen atoms in total. The van der Waals surface area contributed by atoms with Gasteiger partial charge in [-0.3, -0.25) is 4.79 Å². The first kappa shape index (κ1) is 11.6. The molecular weight excluding hydrogens is 204 g/mol. The van der Waals surface area contributed by atoms with Crippen LogP contribution in [-0.4, -0.2) is 23.8 Å². The molecule has 0 aliphatic rings. The predicted octanol–water partition coefficient (Wildman–Crippen LogP) is 2.24. The van der Waals surface area contributed by atoms with Crippen LogP contribution in [0.4, 0.5) is 8.78 Å². The second-order valence-electron chi connectivity index (χ2n) is 3.32.